The summed E-state index contributed by atoms with van der Waals surface area (Å²) in [7, 11) is 4.05. The van der Waals surface area contributed by atoms with Gasteiger partial charge in [-0.3, -0.25) is 4.79 Å². The lowest BCUT2D eigenvalue weighted by molar-refractivity contribution is -0.132. The molecule has 1 heterocycles. The maximum atomic E-state index is 13.3. The minimum atomic E-state index is -0.238. The Labute approximate surface area is 175 Å². The summed E-state index contributed by atoms with van der Waals surface area (Å²) in [5.41, 5.74) is 3.29. The van der Waals surface area contributed by atoms with Gasteiger partial charge in [-0.15, -0.1) is 0 Å². The lowest BCUT2D eigenvalue weighted by Crippen LogP contribution is -2.48. The van der Waals surface area contributed by atoms with Crippen LogP contribution in [-0.4, -0.2) is 47.5 Å². The van der Waals surface area contributed by atoms with Gasteiger partial charge >= 0.3 is 0 Å². The number of likely N-dealkylation sites (tertiary alicyclic amines) is 1. The molecule has 4 heteroatoms. The van der Waals surface area contributed by atoms with E-state index in [4.69, 9.17) is 0 Å². The molecule has 0 radical (unpaired) electrons. The second-order valence-electron chi connectivity index (χ2n) is 8.67. The van der Waals surface area contributed by atoms with Crippen LogP contribution in [0, 0.1) is 0 Å². The molecule has 4 nitrogen and oxygen atoms in total. The van der Waals surface area contributed by atoms with Crippen molar-refractivity contribution in [1.29, 1.82) is 0 Å². The van der Waals surface area contributed by atoms with E-state index >= 15 is 0 Å². The SMILES string of the molecule is CCc1ccc(O)cc1C1(CC(=O)N(C)Cc2ccccc2)CCN(C)C(C)C1. The molecular formula is C25H34N2O2. The summed E-state index contributed by atoms with van der Waals surface area (Å²) in [4.78, 5) is 17.5. The van der Waals surface area contributed by atoms with E-state index in [-0.39, 0.29) is 17.1 Å². The number of aromatic hydroxyl groups is 1. The van der Waals surface area contributed by atoms with Gasteiger partial charge < -0.3 is 14.9 Å². The minimum absolute atomic E-state index is 0.163. The minimum Gasteiger partial charge on any atom is -0.508 e. The summed E-state index contributed by atoms with van der Waals surface area (Å²) in [6, 6.07) is 16.2. The van der Waals surface area contributed by atoms with Gasteiger partial charge in [0.1, 0.15) is 5.75 Å². The Morgan fingerprint density at radius 1 is 1.24 bits per heavy atom. The molecule has 1 saturated heterocycles. The number of nitrogens with zero attached hydrogens (tertiary/aromatic N) is 2. The molecule has 0 aromatic heterocycles. The average molecular weight is 395 g/mol. The number of carbonyl (C=O) groups is 1. The van der Waals surface area contributed by atoms with Crippen LogP contribution in [0.5, 0.6) is 5.75 Å². The maximum absolute atomic E-state index is 13.3. The third kappa shape index (κ3) is 4.81. The molecule has 2 atom stereocenters. The zero-order valence-electron chi connectivity index (χ0n) is 18.2. The topological polar surface area (TPSA) is 43.8 Å². The van der Waals surface area contributed by atoms with Crippen LogP contribution in [0.3, 0.4) is 0 Å². The molecule has 29 heavy (non-hydrogen) atoms. The molecule has 0 spiro atoms. The van der Waals surface area contributed by atoms with Crippen molar-refractivity contribution in [3.8, 4) is 5.75 Å². The largest absolute Gasteiger partial charge is 0.508 e. The Hall–Kier alpha value is -2.33. The molecule has 2 aromatic carbocycles. The first kappa shape index (κ1) is 21.4. The molecule has 1 aliphatic heterocycles. The van der Waals surface area contributed by atoms with Crippen molar-refractivity contribution < 1.29 is 9.90 Å². The molecule has 1 N–H and O–H groups in total. The molecule has 1 amide bonds. The van der Waals surface area contributed by atoms with E-state index in [2.05, 4.69) is 37.9 Å². The van der Waals surface area contributed by atoms with Crippen molar-refractivity contribution in [1.82, 2.24) is 9.80 Å². The number of piperidine rings is 1. The van der Waals surface area contributed by atoms with Crippen molar-refractivity contribution in [2.75, 3.05) is 20.6 Å². The van der Waals surface area contributed by atoms with Gasteiger partial charge in [-0.2, -0.15) is 0 Å². The van der Waals surface area contributed by atoms with Crippen LogP contribution >= 0.6 is 0 Å². The van der Waals surface area contributed by atoms with Gasteiger partial charge in [-0.05, 0) is 68.6 Å². The average Bonchev–Trinajstić information content (AvgIpc) is 2.71. The van der Waals surface area contributed by atoms with E-state index in [1.54, 1.807) is 6.07 Å². The van der Waals surface area contributed by atoms with Gasteiger partial charge in [0.2, 0.25) is 5.91 Å². The number of aryl methyl sites for hydroxylation is 1. The fraction of sp³-hybridized carbons (Fsp3) is 0.480. The van der Waals surface area contributed by atoms with Gasteiger partial charge in [-0.25, -0.2) is 0 Å². The fourth-order valence-corrected chi connectivity index (χ4v) is 4.67. The Bertz CT molecular complexity index is 836. The van der Waals surface area contributed by atoms with Gasteiger partial charge in [-0.1, -0.05) is 43.3 Å². The number of rotatable bonds is 6. The highest BCUT2D eigenvalue weighted by atomic mass is 16.3. The number of carbonyl (C=O) groups excluding carboxylic acids is 1. The van der Waals surface area contributed by atoms with Crippen molar-refractivity contribution in [2.45, 2.75) is 57.5 Å². The maximum Gasteiger partial charge on any atom is 0.223 e. The molecule has 2 aromatic rings. The predicted molar refractivity (Wildman–Crippen MR) is 118 cm³/mol. The number of phenols is 1. The van der Waals surface area contributed by atoms with Gasteiger partial charge in [0.25, 0.3) is 0 Å². The third-order valence-electron chi connectivity index (χ3n) is 6.61. The van der Waals surface area contributed by atoms with E-state index in [0.29, 0.717) is 19.0 Å². The first-order valence-electron chi connectivity index (χ1n) is 10.6. The van der Waals surface area contributed by atoms with E-state index in [9.17, 15) is 9.90 Å². The van der Waals surface area contributed by atoms with E-state index in [1.165, 1.54) is 5.56 Å². The van der Waals surface area contributed by atoms with E-state index < -0.39 is 0 Å². The molecule has 156 valence electrons. The quantitative estimate of drug-likeness (QED) is 0.792. The zero-order chi connectivity index (χ0) is 21.0. The highest BCUT2D eigenvalue weighted by Gasteiger charge is 2.42. The van der Waals surface area contributed by atoms with Crippen molar-refractivity contribution in [3.63, 3.8) is 0 Å². The summed E-state index contributed by atoms with van der Waals surface area (Å²) in [5.74, 6) is 0.448. The number of hydrogen-bond donors (Lipinski definition) is 1. The first-order chi connectivity index (χ1) is 13.8. The van der Waals surface area contributed by atoms with Gasteiger partial charge in [0.15, 0.2) is 0 Å². The lowest BCUT2D eigenvalue weighted by atomic mass is 9.66. The number of benzene rings is 2. The smallest absolute Gasteiger partial charge is 0.223 e. The van der Waals surface area contributed by atoms with Crippen LogP contribution in [0.15, 0.2) is 48.5 Å². The Morgan fingerprint density at radius 2 is 1.97 bits per heavy atom. The van der Waals surface area contributed by atoms with Crippen LogP contribution in [0.2, 0.25) is 0 Å². The van der Waals surface area contributed by atoms with Gasteiger partial charge in [0.05, 0.1) is 0 Å². The molecule has 0 bridgehead atoms. The number of hydrogen-bond acceptors (Lipinski definition) is 3. The normalized spacial score (nSPS) is 22.4. The summed E-state index contributed by atoms with van der Waals surface area (Å²) in [5, 5.41) is 10.2. The van der Waals surface area contributed by atoms with Crippen LogP contribution in [-0.2, 0) is 23.2 Å². The summed E-state index contributed by atoms with van der Waals surface area (Å²) < 4.78 is 0. The second-order valence-corrected chi connectivity index (χ2v) is 8.67. The van der Waals surface area contributed by atoms with Crippen LogP contribution in [0.25, 0.3) is 0 Å². The Balaban J connectivity index is 1.90. The predicted octanol–water partition coefficient (Wildman–Crippen LogP) is 4.36. The van der Waals surface area contributed by atoms with Crippen molar-refractivity contribution in [3.05, 3.63) is 65.2 Å². The first-order valence-corrected chi connectivity index (χ1v) is 10.6. The Kier molecular flexibility index (Phi) is 6.63. The molecule has 2 unspecified atom stereocenters. The van der Waals surface area contributed by atoms with Crippen LogP contribution in [0.4, 0.5) is 0 Å². The molecule has 0 aliphatic carbocycles. The fourth-order valence-electron chi connectivity index (χ4n) is 4.67. The van der Waals surface area contributed by atoms with Crippen LogP contribution in [0.1, 0.15) is 49.8 Å². The monoisotopic (exact) mass is 394 g/mol. The lowest BCUT2D eigenvalue weighted by Gasteiger charge is -2.46. The van der Waals surface area contributed by atoms with Crippen LogP contribution < -0.4 is 0 Å². The highest BCUT2D eigenvalue weighted by Crippen LogP contribution is 2.43. The van der Waals surface area contributed by atoms with Crippen molar-refractivity contribution >= 4 is 5.91 Å². The third-order valence-corrected chi connectivity index (χ3v) is 6.61. The van der Waals surface area contributed by atoms with Gasteiger partial charge in [0, 0.05) is 31.5 Å². The van der Waals surface area contributed by atoms with E-state index in [1.807, 2.05) is 42.3 Å². The highest BCUT2D eigenvalue weighted by molar-refractivity contribution is 5.78. The molecule has 3 rings (SSSR count). The number of amides is 1. The standard InChI is InChI=1S/C25H34N2O2/c1-5-21-11-12-22(28)15-23(21)25(13-14-26(3)19(2)16-25)17-24(29)27(4)18-20-9-7-6-8-10-20/h6-12,15,19,28H,5,13-14,16-18H2,1-4H3. The summed E-state index contributed by atoms with van der Waals surface area (Å²) in [6.07, 6.45) is 3.22. The van der Waals surface area contributed by atoms with Crippen molar-refractivity contribution in [2.24, 2.45) is 0 Å². The molecular weight excluding hydrogens is 360 g/mol. The molecule has 1 aliphatic rings. The summed E-state index contributed by atoms with van der Waals surface area (Å²) in [6.45, 7) is 5.95. The number of phenolic OH excluding ortho intramolecular Hbond substituents is 1. The summed E-state index contributed by atoms with van der Waals surface area (Å²) >= 11 is 0. The zero-order valence-corrected chi connectivity index (χ0v) is 18.2. The Morgan fingerprint density at radius 3 is 2.62 bits per heavy atom. The molecule has 1 fully saturated rings. The molecule has 0 saturated carbocycles. The second kappa shape index (κ2) is 9.00. The van der Waals surface area contributed by atoms with E-state index in [0.717, 1.165) is 36.9 Å².